The van der Waals surface area contributed by atoms with Crippen LogP contribution in [0.2, 0.25) is 0 Å². The standard InChI is InChI=1S/C21H27N3O4S/c1-2-28-21-18(7-6-12-22-21)16-23-20(25)15-17-8-10-19(11-9-17)29(26,27)24-13-4-3-5-14-24/h6-12H,2-5,13-16H2,1H3,(H,23,25). The minimum absolute atomic E-state index is 0.150. The second-order valence-electron chi connectivity index (χ2n) is 6.96. The summed E-state index contributed by atoms with van der Waals surface area (Å²) in [5.41, 5.74) is 1.57. The lowest BCUT2D eigenvalue weighted by atomic mass is 10.1. The van der Waals surface area contributed by atoms with Gasteiger partial charge < -0.3 is 10.1 Å². The van der Waals surface area contributed by atoms with Gasteiger partial charge in [-0.3, -0.25) is 4.79 Å². The molecular formula is C21H27N3O4S. The van der Waals surface area contributed by atoms with Gasteiger partial charge in [0.05, 0.1) is 17.9 Å². The number of hydrogen-bond acceptors (Lipinski definition) is 5. The molecule has 1 aromatic heterocycles. The van der Waals surface area contributed by atoms with Crippen LogP contribution in [0, 0.1) is 0 Å². The van der Waals surface area contributed by atoms with Gasteiger partial charge in [-0.2, -0.15) is 4.31 Å². The number of carbonyl (C=O) groups excluding carboxylic acids is 1. The van der Waals surface area contributed by atoms with Crippen LogP contribution in [-0.4, -0.2) is 43.3 Å². The first kappa shape index (κ1) is 21.3. The number of hydrogen-bond donors (Lipinski definition) is 1. The van der Waals surface area contributed by atoms with Crippen molar-refractivity contribution in [2.24, 2.45) is 0 Å². The molecule has 0 saturated carbocycles. The molecular weight excluding hydrogens is 390 g/mol. The van der Waals surface area contributed by atoms with Crippen LogP contribution in [0.25, 0.3) is 0 Å². The molecule has 2 aromatic rings. The number of ether oxygens (including phenoxy) is 1. The molecule has 1 fully saturated rings. The maximum absolute atomic E-state index is 12.7. The quantitative estimate of drug-likeness (QED) is 0.713. The molecule has 1 aliphatic heterocycles. The molecule has 1 saturated heterocycles. The van der Waals surface area contributed by atoms with Gasteiger partial charge in [0.1, 0.15) is 0 Å². The number of nitrogens with one attached hydrogen (secondary N) is 1. The number of benzene rings is 1. The second-order valence-corrected chi connectivity index (χ2v) is 8.90. The lowest BCUT2D eigenvalue weighted by Crippen LogP contribution is -2.35. The molecule has 1 N–H and O–H groups in total. The maximum Gasteiger partial charge on any atom is 0.243 e. The zero-order valence-electron chi connectivity index (χ0n) is 16.6. The molecule has 156 valence electrons. The number of sulfonamides is 1. The van der Waals surface area contributed by atoms with Crippen LogP contribution >= 0.6 is 0 Å². The van der Waals surface area contributed by atoms with Crippen LogP contribution in [0.15, 0.2) is 47.5 Å². The molecule has 0 spiro atoms. The van der Waals surface area contributed by atoms with Crippen LogP contribution in [0.3, 0.4) is 0 Å². The van der Waals surface area contributed by atoms with Gasteiger partial charge in [0.15, 0.2) is 0 Å². The van der Waals surface area contributed by atoms with Crippen LogP contribution in [0.1, 0.15) is 37.3 Å². The van der Waals surface area contributed by atoms with Crippen molar-refractivity contribution in [3.05, 3.63) is 53.7 Å². The largest absolute Gasteiger partial charge is 0.478 e. The van der Waals surface area contributed by atoms with Crippen molar-refractivity contribution in [2.75, 3.05) is 19.7 Å². The molecule has 1 aliphatic rings. The average molecular weight is 418 g/mol. The third kappa shape index (κ3) is 5.55. The van der Waals surface area contributed by atoms with E-state index in [2.05, 4.69) is 10.3 Å². The van der Waals surface area contributed by atoms with Crippen molar-refractivity contribution in [3.8, 4) is 5.88 Å². The molecule has 3 rings (SSSR count). The fraction of sp³-hybridized carbons (Fsp3) is 0.429. The molecule has 8 heteroatoms. The summed E-state index contributed by atoms with van der Waals surface area (Å²) in [7, 11) is -3.45. The van der Waals surface area contributed by atoms with Crippen LogP contribution in [-0.2, 0) is 27.8 Å². The van der Waals surface area contributed by atoms with Gasteiger partial charge in [0, 0.05) is 31.4 Å². The van der Waals surface area contributed by atoms with Crippen molar-refractivity contribution < 1.29 is 17.9 Å². The zero-order chi connectivity index (χ0) is 20.7. The highest BCUT2D eigenvalue weighted by Crippen LogP contribution is 2.21. The Morgan fingerprint density at radius 3 is 2.55 bits per heavy atom. The second kappa shape index (κ2) is 9.84. The summed E-state index contributed by atoms with van der Waals surface area (Å²) in [4.78, 5) is 16.7. The molecule has 29 heavy (non-hydrogen) atoms. The maximum atomic E-state index is 12.7. The third-order valence-electron chi connectivity index (χ3n) is 4.85. The van der Waals surface area contributed by atoms with E-state index in [1.807, 2.05) is 13.0 Å². The Morgan fingerprint density at radius 2 is 1.86 bits per heavy atom. The van der Waals surface area contributed by atoms with E-state index in [4.69, 9.17) is 4.74 Å². The van der Waals surface area contributed by atoms with E-state index in [0.29, 0.717) is 32.1 Å². The predicted octanol–water partition coefficient (Wildman–Crippen LogP) is 2.51. The minimum Gasteiger partial charge on any atom is -0.478 e. The van der Waals surface area contributed by atoms with E-state index in [1.54, 1.807) is 40.8 Å². The summed E-state index contributed by atoms with van der Waals surface area (Å²) in [5, 5.41) is 2.86. The van der Waals surface area contributed by atoms with Crippen molar-refractivity contribution in [1.82, 2.24) is 14.6 Å². The van der Waals surface area contributed by atoms with Crippen molar-refractivity contribution in [3.63, 3.8) is 0 Å². The van der Waals surface area contributed by atoms with Crippen LogP contribution in [0.4, 0.5) is 0 Å². The van der Waals surface area contributed by atoms with E-state index in [0.717, 1.165) is 30.4 Å². The van der Waals surface area contributed by atoms with Crippen LogP contribution in [0.5, 0.6) is 5.88 Å². The van der Waals surface area contributed by atoms with Gasteiger partial charge in [0.2, 0.25) is 21.8 Å². The normalized spacial score (nSPS) is 15.1. The van der Waals surface area contributed by atoms with Gasteiger partial charge in [-0.1, -0.05) is 24.6 Å². The number of nitrogens with zero attached hydrogens (tertiary/aromatic N) is 2. The van der Waals surface area contributed by atoms with Gasteiger partial charge in [0.25, 0.3) is 0 Å². The molecule has 0 radical (unpaired) electrons. The summed E-state index contributed by atoms with van der Waals surface area (Å²) in [6, 6.07) is 10.2. The number of rotatable bonds is 8. The van der Waals surface area contributed by atoms with Gasteiger partial charge >= 0.3 is 0 Å². The Hall–Kier alpha value is -2.45. The number of carbonyl (C=O) groups is 1. The van der Waals surface area contributed by atoms with E-state index in [1.165, 1.54) is 0 Å². The molecule has 0 atom stereocenters. The SMILES string of the molecule is CCOc1ncccc1CNC(=O)Cc1ccc(S(=O)(=O)N2CCCCC2)cc1. The number of pyridine rings is 1. The van der Waals surface area contributed by atoms with Gasteiger partial charge in [-0.25, -0.2) is 13.4 Å². The van der Waals surface area contributed by atoms with Gasteiger partial charge in [-0.05, 0) is 43.5 Å². The summed E-state index contributed by atoms with van der Waals surface area (Å²) in [5.74, 6) is 0.366. The number of amides is 1. The summed E-state index contributed by atoms with van der Waals surface area (Å²) < 4.78 is 32.4. The predicted molar refractivity (Wildman–Crippen MR) is 110 cm³/mol. The topological polar surface area (TPSA) is 88.6 Å². The van der Waals surface area contributed by atoms with Crippen LogP contribution < -0.4 is 10.1 Å². The van der Waals surface area contributed by atoms with Crippen molar-refractivity contribution in [1.29, 1.82) is 0 Å². The average Bonchev–Trinajstić information content (AvgIpc) is 2.74. The molecule has 1 amide bonds. The molecule has 0 unspecified atom stereocenters. The van der Waals surface area contributed by atoms with Crippen molar-refractivity contribution >= 4 is 15.9 Å². The highest BCUT2D eigenvalue weighted by atomic mass is 32.2. The summed E-state index contributed by atoms with van der Waals surface area (Å²) >= 11 is 0. The fourth-order valence-electron chi connectivity index (χ4n) is 3.30. The Morgan fingerprint density at radius 1 is 1.14 bits per heavy atom. The first-order valence-electron chi connectivity index (χ1n) is 9.93. The molecule has 0 aliphatic carbocycles. The Labute approximate surface area is 172 Å². The lowest BCUT2D eigenvalue weighted by Gasteiger charge is -2.25. The summed E-state index contributed by atoms with van der Waals surface area (Å²) in [6.07, 6.45) is 4.70. The fourth-order valence-corrected chi connectivity index (χ4v) is 4.82. The Balaban J connectivity index is 1.57. The van der Waals surface area contributed by atoms with Gasteiger partial charge in [-0.15, -0.1) is 0 Å². The molecule has 7 nitrogen and oxygen atoms in total. The van der Waals surface area contributed by atoms with E-state index in [9.17, 15) is 13.2 Å². The zero-order valence-corrected chi connectivity index (χ0v) is 17.5. The molecule has 0 bridgehead atoms. The molecule has 2 heterocycles. The van der Waals surface area contributed by atoms with E-state index >= 15 is 0 Å². The number of piperidine rings is 1. The Kier molecular flexibility index (Phi) is 7.22. The van der Waals surface area contributed by atoms with E-state index < -0.39 is 10.0 Å². The van der Waals surface area contributed by atoms with Crippen molar-refractivity contribution in [2.45, 2.75) is 44.0 Å². The monoisotopic (exact) mass is 417 g/mol. The third-order valence-corrected chi connectivity index (χ3v) is 6.76. The number of aromatic nitrogens is 1. The summed E-state index contributed by atoms with van der Waals surface area (Å²) in [6.45, 7) is 3.86. The minimum atomic E-state index is -3.45. The smallest absolute Gasteiger partial charge is 0.243 e. The first-order valence-corrected chi connectivity index (χ1v) is 11.4. The molecule has 1 aromatic carbocycles. The highest BCUT2D eigenvalue weighted by Gasteiger charge is 2.25. The Bertz CT molecular complexity index is 923. The van der Waals surface area contributed by atoms with E-state index in [-0.39, 0.29) is 17.2 Å². The highest BCUT2D eigenvalue weighted by molar-refractivity contribution is 7.89. The first-order chi connectivity index (χ1) is 14.0. The lowest BCUT2D eigenvalue weighted by molar-refractivity contribution is -0.120.